The van der Waals surface area contributed by atoms with E-state index in [1.54, 1.807) is 22.9 Å². The van der Waals surface area contributed by atoms with Crippen molar-refractivity contribution < 1.29 is 19.3 Å². The molecule has 180 valence electrons. The Balaban J connectivity index is 1.16. The van der Waals surface area contributed by atoms with Crippen LogP contribution in [0.2, 0.25) is 0 Å². The number of hydrogen-bond donors (Lipinski definition) is 2. The molecule has 1 fully saturated rings. The number of hydrogen-bond acceptors (Lipinski definition) is 10. The fourth-order valence-corrected chi connectivity index (χ4v) is 4.39. The van der Waals surface area contributed by atoms with Crippen molar-refractivity contribution in [3.05, 3.63) is 46.6 Å². The quantitative estimate of drug-likeness (QED) is 0.469. The third-order valence-corrected chi connectivity index (χ3v) is 6.20. The summed E-state index contributed by atoms with van der Waals surface area (Å²) in [5.41, 5.74) is 1.78. The first kappa shape index (κ1) is 22.5. The number of aromatic nitrogens is 4. The molecule has 2 atom stereocenters. The lowest BCUT2D eigenvalue weighted by Crippen LogP contribution is -2.31. The third-order valence-electron chi connectivity index (χ3n) is 6.20. The lowest BCUT2D eigenvalue weighted by Gasteiger charge is -2.19. The lowest BCUT2D eigenvalue weighted by molar-refractivity contribution is 0.140. The van der Waals surface area contributed by atoms with Crippen molar-refractivity contribution in [1.29, 1.82) is 0 Å². The molecule has 0 saturated carbocycles. The van der Waals surface area contributed by atoms with Gasteiger partial charge in [0, 0.05) is 57.3 Å². The molecule has 0 aliphatic carbocycles. The summed E-state index contributed by atoms with van der Waals surface area (Å²) < 4.78 is 17.9. The van der Waals surface area contributed by atoms with Crippen molar-refractivity contribution in [3.63, 3.8) is 0 Å². The Hall–Kier alpha value is -3.28. The molecule has 5 rings (SSSR count). The van der Waals surface area contributed by atoms with Gasteiger partial charge in [-0.2, -0.15) is 4.98 Å². The van der Waals surface area contributed by atoms with E-state index in [9.17, 15) is 9.90 Å². The zero-order valence-corrected chi connectivity index (χ0v) is 19.0. The number of ether oxygens (including phenoxy) is 3. The molecule has 11 nitrogen and oxygen atoms in total. The van der Waals surface area contributed by atoms with Crippen molar-refractivity contribution in [2.45, 2.75) is 19.2 Å². The molecular formula is C23H28N6O5. The molecule has 0 radical (unpaired) electrons. The highest BCUT2D eigenvalue weighted by Gasteiger charge is 2.30. The summed E-state index contributed by atoms with van der Waals surface area (Å²) in [4.78, 5) is 27.6. The van der Waals surface area contributed by atoms with Crippen molar-refractivity contribution >= 4 is 11.2 Å². The maximum atomic E-state index is 12.5. The molecular weight excluding hydrogens is 440 g/mol. The summed E-state index contributed by atoms with van der Waals surface area (Å²) in [6.07, 6.45) is 2.56. The number of aliphatic hydroxyl groups excluding tert-OH is 1. The van der Waals surface area contributed by atoms with Crippen molar-refractivity contribution in [1.82, 2.24) is 29.7 Å². The van der Waals surface area contributed by atoms with Gasteiger partial charge in [-0.25, -0.2) is 4.98 Å². The second-order valence-electron chi connectivity index (χ2n) is 8.48. The number of methoxy groups -OCH3 is 1. The number of likely N-dealkylation sites (tertiary alicyclic amines) is 1. The summed E-state index contributed by atoms with van der Waals surface area (Å²) in [5, 5.41) is 14.0. The summed E-state index contributed by atoms with van der Waals surface area (Å²) in [7, 11) is 1.54. The van der Waals surface area contributed by atoms with Crippen LogP contribution in [0.5, 0.6) is 17.4 Å². The largest absolute Gasteiger partial charge is 0.486 e. The van der Waals surface area contributed by atoms with Gasteiger partial charge in [-0.3, -0.25) is 19.2 Å². The molecule has 2 aliphatic heterocycles. The van der Waals surface area contributed by atoms with Gasteiger partial charge >= 0.3 is 0 Å². The Labute approximate surface area is 196 Å². The average molecular weight is 469 g/mol. The number of fused-ring (bicyclic) bond motifs is 2. The molecule has 0 unspecified atom stereocenters. The summed E-state index contributed by atoms with van der Waals surface area (Å²) in [6, 6.07) is 5.40. The molecule has 34 heavy (non-hydrogen) atoms. The van der Waals surface area contributed by atoms with Gasteiger partial charge in [0.25, 0.3) is 5.56 Å². The first-order chi connectivity index (χ1) is 16.6. The molecule has 3 aromatic heterocycles. The minimum atomic E-state index is -0.440. The fourth-order valence-electron chi connectivity index (χ4n) is 4.39. The van der Waals surface area contributed by atoms with Gasteiger partial charge in [-0.15, -0.1) is 0 Å². The van der Waals surface area contributed by atoms with Crippen LogP contribution in [0.15, 0.2) is 35.4 Å². The molecule has 1 saturated heterocycles. The molecule has 2 N–H and O–H groups in total. The number of pyridine rings is 2. The normalized spacial score (nSPS) is 20.1. The standard InChI is InChI=1S/C23H28N6O5/c1-32-21-3-2-17-23(27-21)29(22(31)12-26-17)5-4-28-13-15(18(30)14-28)9-24-10-16-8-19-20(11-25-16)34-7-6-33-19/h2-3,8,11-12,15,18,24,30H,4-7,9-10,13-14H2,1H3/t15-,18+/m0/s1. The molecule has 0 spiro atoms. The summed E-state index contributed by atoms with van der Waals surface area (Å²) >= 11 is 0. The van der Waals surface area contributed by atoms with E-state index in [4.69, 9.17) is 14.2 Å². The smallest absolute Gasteiger partial charge is 0.270 e. The van der Waals surface area contributed by atoms with Crippen LogP contribution in [0.25, 0.3) is 11.2 Å². The molecule has 2 aliphatic rings. The number of β-amino-alcohol motifs (C(OH)–C–C–N with tert-alkyl or cyclic N) is 1. The van der Waals surface area contributed by atoms with E-state index in [1.807, 2.05) is 6.07 Å². The van der Waals surface area contributed by atoms with E-state index in [0.717, 1.165) is 18.0 Å². The monoisotopic (exact) mass is 468 g/mol. The van der Waals surface area contributed by atoms with E-state index in [2.05, 4.69) is 25.2 Å². The van der Waals surface area contributed by atoms with Crippen LogP contribution in [-0.2, 0) is 13.1 Å². The Morgan fingerprint density at radius 1 is 1.15 bits per heavy atom. The third kappa shape index (κ3) is 4.81. The molecule has 3 aromatic rings. The van der Waals surface area contributed by atoms with Crippen LogP contribution >= 0.6 is 0 Å². The SMILES string of the molecule is COc1ccc2ncc(=O)n(CCN3C[C@H](CNCc4cc5c(cn4)OCCO5)[C@H](O)C3)c2n1. The average Bonchev–Trinajstić information content (AvgIpc) is 3.22. The van der Waals surface area contributed by atoms with Gasteiger partial charge < -0.3 is 24.6 Å². The Kier molecular flexibility index (Phi) is 6.57. The van der Waals surface area contributed by atoms with Crippen LogP contribution in [0, 0.1) is 5.92 Å². The maximum Gasteiger partial charge on any atom is 0.270 e. The number of nitrogens with one attached hydrogen (secondary N) is 1. The number of aliphatic hydroxyl groups is 1. The second kappa shape index (κ2) is 9.92. The maximum absolute atomic E-state index is 12.5. The van der Waals surface area contributed by atoms with Crippen LogP contribution in [-0.4, -0.2) is 82.1 Å². The molecule has 0 amide bonds. The molecule has 0 aromatic carbocycles. The number of rotatable bonds is 8. The topological polar surface area (TPSA) is 124 Å². The van der Waals surface area contributed by atoms with E-state index in [1.165, 1.54) is 13.3 Å². The Morgan fingerprint density at radius 2 is 2.00 bits per heavy atom. The van der Waals surface area contributed by atoms with Crippen LogP contribution in [0.4, 0.5) is 0 Å². The highest BCUT2D eigenvalue weighted by atomic mass is 16.6. The van der Waals surface area contributed by atoms with Gasteiger partial charge in [0.1, 0.15) is 18.7 Å². The van der Waals surface area contributed by atoms with Crippen LogP contribution in [0.1, 0.15) is 5.69 Å². The molecule has 5 heterocycles. The van der Waals surface area contributed by atoms with E-state index in [-0.39, 0.29) is 11.5 Å². The predicted octanol–water partition coefficient (Wildman–Crippen LogP) is 0.0488. The van der Waals surface area contributed by atoms with Crippen molar-refractivity contribution in [3.8, 4) is 17.4 Å². The van der Waals surface area contributed by atoms with E-state index in [0.29, 0.717) is 68.7 Å². The van der Waals surface area contributed by atoms with Crippen LogP contribution in [0.3, 0.4) is 0 Å². The molecule has 0 bridgehead atoms. The van der Waals surface area contributed by atoms with Crippen molar-refractivity contribution in [2.75, 3.05) is 46.5 Å². The van der Waals surface area contributed by atoms with E-state index < -0.39 is 6.10 Å². The van der Waals surface area contributed by atoms with Gasteiger partial charge in [0.2, 0.25) is 5.88 Å². The summed E-state index contributed by atoms with van der Waals surface area (Å²) in [5.74, 6) is 1.91. The first-order valence-corrected chi connectivity index (χ1v) is 11.4. The minimum absolute atomic E-state index is 0.0846. The van der Waals surface area contributed by atoms with Gasteiger partial charge in [0.05, 0.1) is 31.3 Å². The lowest BCUT2D eigenvalue weighted by atomic mass is 10.1. The second-order valence-corrected chi connectivity index (χ2v) is 8.48. The van der Waals surface area contributed by atoms with E-state index >= 15 is 0 Å². The fraction of sp³-hybridized carbons (Fsp3) is 0.478. The van der Waals surface area contributed by atoms with Crippen molar-refractivity contribution in [2.24, 2.45) is 5.92 Å². The zero-order chi connectivity index (χ0) is 23.5. The first-order valence-electron chi connectivity index (χ1n) is 11.4. The predicted molar refractivity (Wildman–Crippen MR) is 123 cm³/mol. The van der Waals surface area contributed by atoms with Gasteiger partial charge in [0.15, 0.2) is 17.1 Å². The Morgan fingerprint density at radius 3 is 2.85 bits per heavy atom. The van der Waals surface area contributed by atoms with Gasteiger partial charge in [-0.05, 0) is 6.07 Å². The highest BCUT2D eigenvalue weighted by molar-refractivity contribution is 5.70. The molecule has 11 heteroatoms. The number of nitrogens with zero attached hydrogens (tertiary/aromatic N) is 5. The van der Waals surface area contributed by atoms with Crippen LogP contribution < -0.4 is 25.1 Å². The highest BCUT2D eigenvalue weighted by Crippen LogP contribution is 2.29. The van der Waals surface area contributed by atoms with Gasteiger partial charge in [-0.1, -0.05) is 0 Å². The zero-order valence-electron chi connectivity index (χ0n) is 19.0. The summed E-state index contributed by atoms with van der Waals surface area (Å²) in [6.45, 7) is 4.68. The minimum Gasteiger partial charge on any atom is -0.486 e. The Bertz CT molecular complexity index is 1220.